The molecule has 15 heteroatoms. The van der Waals surface area contributed by atoms with Gasteiger partial charge in [0, 0.05) is 104 Å². The Kier molecular flexibility index (Phi) is 24.4. The van der Waals surface area contributed by atoms with Crippen LogP contribution in [-0.2, 0) is 14.4 Å². The smallest absolute Gasteiger partial charge is 0.304 e. The van der Waals surface area contributed by atoms with Crippen molar-refractivity contribution in [1.82, 2.24) is 30.7 Å². The van der Waals surface area contributed by atoms with Crippen molar-refractivity contribution in [2.45, 2.75) is 32.6 Å². The van der Waals surface area contributed by atoms with Gasteiger partial charge in [-0.25, -0.2) is 0 Å². The molecule has 3 aliphatic rings. The van der Waals surface area contributed by atoms with E-state index in [9.17, 15) is 14.4 Å². The third-order valence-corrected chi connectivity index (χ3v) is 7.31. The molecule has 0 aliphatic carbocycles. The summed E-state index contributed by atoms with van der Waals surface area (Å²) in [6.45, 7) is 15.2. The van der Waals surface area contributed by atoms with Crippen LogP contribution < -0.4 is 16.0 Å². The maximum Gasteiger partial charge on any atom is 0.304 e. The minimum absolute atomic E-state index is 0.156. The van der Waals surface area contributed by atoms with E-state index >= 15 is 0 Å². The average molecular weight is 609 g/mol. The third-order valence-electron chi connectivity index (χ3n) is 7.31. The molecule has 0 amide bonds. The van der Waals surface area contributed by atoms with Crippen LogP contribution in [0.3, 0.4) is 0 Å². The molecule has 0 aromatic carbocycles. The molecule has 15 nitrogen and oxygen atoms in total. The van der Waals surface area contributed by atoms with Crippen LogP contribution in [0.5, 0.6) is 0 Å². The Morgan fingerprint density at radius 3 is 0.929 bits per heavy atom. The first kappa shape index (κ1) is 40.1. The molecule has 3 saturated heterocycles. The van der Waals surface area contributed by atoms with E-state index < -0.39 is 23.3 Å². The van der Waals surface area contributed by atoms with E-state index in [1.165, 1.54) is 0 Å². The molecule has 0 atom stereocenters. The van der Waals surface area contributed by atoms with Crippen molar-refractivity contribution in [1.29, 1.82) is 0 Å². The number of carboxylic acid groups (broad SMARTS) is 3. The predicted octanol–water partition coefficient (Wildman–Crippen LogP) is -2.54. The Hall–Kier alpha value is -1.95. The lowest BCUT2D eigenvalue weighted by molar-refractivity contribution is -0.138. The zero-order valence-electron chi connectivity index (χ0n) is 25.3. The average Bonchev–Trinajstić information content (AvgIpc) is 3.02. The third kappa shape index (κ3) is 21.7. The van der Waals surface area contributed by atoms with Gasteiger partial charge in [-0.3, -0.25) is 14.4 Å². The second-order valence-electron chi connectivity index (χ2n) is 10.5. The van der Waals surface area contributed by atoms with E-state index in [4.69, 9.17) is 30.6 Å². The summed E-state index contributed by atoms with van der Waals surface area (Å²) in [5, 5.41) is 60.8. The quantitative estimate of drug-likeness (QED) is 0.105. The lowest BCUT2D eigenvalue weighted by atomic mass is 9.88. The standard InChI is InChI=1S/3C7H14N2O2.C6H14O3/c3*10-7(11)1-4-9-5-2-8-3-6-9;1-2-6(3-7,4-8)5-9/h3*8H,1-6H2,(H,10,11);7-9H,2-5H2,1H3. The van der Waals surface area contributed by atoms with Crippen LogP contribution in [0, 0.1) is 5.41 Å². The number of nitrogens with zero attached hydrogens (tertiary/aromatic N) is 3. The summed E-state index contributed by atoms with van der Waals surface area (Å²) in [5.74, 6) is -2.12. The second kappa shape index (κ2) is 25.5. The molecule has 0 bridgehead atoms. The molecule has 0 spiro atoms. The first-order valence-electron chi connectivity index (χ1n) is 14.9. The Balaban J connectivity index is 0.000000536. The molecule has 9 N–H and O–H groups in total. The number of piperazine rings is 3. The molecule has 0 aromatic rings. The fourth-order valence-electron chi connectivity index (χ4n) is 4.05. The summed E-state index contributed by atoms with van der Waals surface area (Å²) in [6.07, 6.45) is 1.39. The first-order valence-corrected chi connectivity index (χ1v) is 14.9. The highest BCUT2D eigenvalue weighted by Gasteiger charge is 2.25. The Labute approximate surface area is 249 Å². The number of carboxylic acids is 3. The topological polar surface area (TPSA) is 218 Å². The zero-order valence-corrected chi connectivity index (χ0v) is 25.3. The molecule has 0 unspecified atom stereocenters. The number of aliphatic carboxylic acids is 3. The normalized spacial score (nSPS) is 18.3. The van der Waals surface area contributed by atoms with Crippen molar-refractivity contribution in [2.24, 2.45) is 5.41 Å². The molecule has 42 heavy (non-hydrogen) atoms. The van der Waals surface area contributed by atoms with Crippen LogP contribution in [0.25, 0.3) is 0 Å². The van der Waals surface area contributed by atoms with E-state index in [0.717, 1.165) is 78.5 Å². The summed E-state index contributed by atoms with van der Waals surface area (Å²) < 4.78 is 0. The highest BCUT2D eigenvalue weighted by Crippen LogP contribution is 2.18. The van der Waals surface area contributed by atoms with Gasteiger partial charge in [0.25, 0.3) is 0 Å². The highest BCUT2D eigenvalue weighted by atomic mass is 16.4. The van der Waals surface area contributed by atoms with Gasteiger partial charge in [0.05, 0.1) is 39.1 Å². The van der Waals surface area contributed by atoms with Crippen molar-refractivity contribution < 1.29 is 45.0 Å². The van der Waals surface area contributed by atoms with Crippen molar-refractivity contribution in [2.75, 3.05) is 118 Å². The van der Waals surface area contributed by atoms with Crippen LogP contribution in [0.1, 0.15) is 32.6 Å². The fraction of sp³-hybridized carbons (Fsp3) is 0.889. The van der Waals surface area contributed by atoms with Gasteiger partial charge in [-0.2, -0.15) is 0 Å². The maximum absolute atomic E-state index is 10.2. The predicted molar refractivity (Wildman–Crippen MR) is 159 cm³/mol. The van der Waals surface area contributed by atoms with E-state index in [0.29, 0.717) is 26.1 Å². The first-order chi connectivity index (χ1) is 20.1. The molecule has 3 heterocycles. The molecule has 3 aliphatic heterocycles. The number of nitrogens with one attached hydrogen (secondary N) is 3. The van der Waals surface area contributed by atoms with Crippen molar-refractivity contribution in [3.05, 3.63) is 0 Å². The van der Waals surface area contributed by atoms with Gasteiger partial charge < -0.3 is 61.3 Å². The van der Waals surface area contributed by atoms with Crippen LogP contribution in [-0.4, -0.2) is 181 Å². The molecular formula is C27H56N6O9. The zero-order chi connectivity index (χ0) is 31.6. The lowest BCUT2D eigenvalue weighted by Gasteiger charge is -2.26. The number of hydrogen-bond acceptors (Lipinski definition) is 12. The molecule has 0 saturated carbocycles. The molecule has 3 fully saturated rings. The number of aliphatic hydroxyl groups is 3. The van der Waals surface area contributed by atoms with Gasteiger partial charge in [0.1, 0.15) is 0 Å². The number of carbonyl (C=O) groups is 3. The number of hydrogen-bond donors (Lipinski definition) is 9. The van der Waals surface area contributed by atoms with Gasteiger partial charge in [-0.15, -0.1) is 0 Å². The van der Waals surface area contributed by atoms with Crippen molar-refractivity contribution in [3.63, 3.8) is 0 Å². The summed E-state index contributed by atoms with van der Waals surface area (Å²) >= 11 is 0. The van der Waals surface area contributed by atoms with Crippen LogP contribution >= 0.6 is 0 Å². The Bertz CT molecular complexity index is 604. The molecular weight excluding hydrogens is 552 g/mol. The summed E-state index contributed by atoms with van der Waals surface area (Å²) in [4.78, 5) is 37.1. The summed E-state index contributed by atoms with van der Waals surface area (Å²) in [5.41, 5.74) is -0.667. The minimum atomic E-state index is -0.705. The van der Waals surface area contributed by atoms with Gasteiger partial charge in [0.15, 0.2) is 0 Å². The van der Waals surface area contributed by atoms with Crippen LogP contribution in [0.2, 0.25) is 0 Å². The van der Waals surface area contributed by atoms with Crippen LogP contribution in [0.15, 0.2) is 0 Å². The van der Waals surface area contributed by atoms with Crippen LogP contribution in [0.4, 0.5) is 0 Å². The van der Waals surface area contributed by atoms with Gasteiger partial charge >= 0.3 is 17.9 Å². The maximum atomic E-state index is 10.2. The second-order valence-corrected chi connectivity index (χ2v) is 10.5. The number of aliphatic hydroxyl groups excluding tert-OH is 3. The lowest BCUT2D eigenvalue weighted by Crippen LogP contribution is -2.44. The van der Waals surface area contributed by atoms with Crippen molar-refractivity contribution >= 4 is 17.9 Å². The Morgan fingerprint density at radius 2 is 0.786 bits per heavy atom. The van der Waals surface area contributed by atoms with Gasteiger partial charge in [-0.05, 0) is 6.42 Å². The molecule has 248 valence electrons. The van der Waals surface area contributed by atoms with Gasteiger partial charge in [-0.1, -0.05) is 6.92 Å². The summed E-state index contributed by atoms with van der Waals surface area (Å²) in [7, 11) is 0. The Morgan fingerprint density at radius 1 is 0.548 bits per heavy atom. The van der Waals surface area contributed by atoms with Crippen molar-refractivity contribution in [3.8, 4) is 0 Å². The SMILES string of the molecule is CCC(CO)(CO)CO.O=C(O)CCN1CCNCC1.O=C(O)CCN1CCNCC1.O=C(O)CCN1CCNCC1. The van der Waals surface area contributed by atoms with E-state index in [2.05, 4.69) is 30.7 Å². The largest absolute Gasteiger partial charge is 0.481 e. The fourth-order valence-corrected chi connectivity index (χ4v) is 4.05. The van der Waals surface area contributed by atoms with Gasteiger partial charge in [0.2, 0.25) is 0 Å². The van der Waals surface area contributed by atoms with E-state index in [-0.39, 0.29) is 39.1 Å². The highest BCUT2D eigenvalue weighted by molar-refractivity contribution is 5.67. The monoisotopic (exact) mass is 608 g/mol. The molecule has 0 radical (unpaired) electrons. The summed E-state index contributed by atoms with van der Waals surface area (Å²) in [6, 6.07) is 0. The molecule has 3 rings (SSSR count). The van der Waals surface area contributed by atoms with E-state index in [1.54, 1.807) is 0 Å². The minimum Gasteiger partial charge on any atom is -0.481 e. The van der Waals surface area contributed by atoms with E-state index in [1.807, 2.05) is 6.92 Å². The molecule has 0 aromatic heterocycles. The number of rotatable bonds is 13.